The molecule has 0 amide bonds. The first-order valence-electron chi connectivity index (χ1n) is 8.96. The van der Waals surface area contributed by atoms with Crippen molar-refractivity contribution < 1.29 is 27.4 Å². The predicted octanol–water partition coefficient (Wildman–Crippen LogP) is 0.857. The first-order valence-corrected chi connectivity index (χ1v) is 8.96. The quantitative estimate of drug-likeness (QED) is 0.798. The molecule has 3 heterocycles. The van der Waals surface area contributed by atoms with Crippen molar-refractivity contribution in [2.24, 2.45) is 0 Å². The van der Waals surface area contributed by atoms with E-state index in [2.05, 4.69) is 4.90 Å². The van der Waals surface area contributed by atoms with Crippen molar-refractivity contribution in [3.05, 3.63) is 27.8 Å². The molecule has 0 atom stereocenters. The van der Waals surface area contributed by atoms with Crippen molar-refractivity contribution in [3.8, 4) is 5.75 Å². The van der Waals surface area contributed by atoms with Gasteiger partial charge in [0.25, 0.3) is 0 Å². The zero-order valence-corrected chi connectivity index (χ0v) is 15.0. The number of hydrogen-bond acceptors (Lipinski definition) is 7. The van der Waals surface area contributed by atoms with Crippen LogP contribution in [-0.4, -0.2) is 85.0 Å². The number of ether oxygens (including phenoxy) is 1. The topological polar surface area (TPSA) is 69.4 Å². The Balaban J connectivity index is 1.60. The highest BCUT2D eigenvalue weighted by Gasteiger charge is 2.32. The number of nitrogens with zero attached hydrogens (tertiary/aromatic N) is 3. The van der Waals surface area contributed by atoms with Crippen LogP contribution >= 0.6 is 0 Å². The van der Waals surface area contributed by atoms with Gasteiger partial charge in [-0.25, -0.2) is 0 Å². The van der Waals surface area contributed by atoms with Gasteiger partial charge in [-0.1, -0.05) is 0 Å². The number of aromatic hydroxyl groups is 1. The number of halogens is 3. The van der Waals surface area contributed by atoms with E-state index in [0.717, 1.165) is 13.1 Å². The van der Waals surface area contributed by atoms with Crippen molar-refractivity contribution >= 4 is 0 Å². The third-order valence-electron chi connectivity index (χ3n) is 4.76. The summed E-state index contributed by atoms with van der Waals surface area (Å²) in [7, 11) is 0. The number of morpholine rings is 1. The summed E-state index contributed by atoms with van der Waals surface area (Å²) in [5.74, 6) is 0.193. The molecular weight excluding hydrogens is 367 g/mol. The summed E-state index contributed by atoms with van der Waals surface area (Å²) < 4.78 is 48.4. The lowest BCUT2D eigenvalue weighted by atomic mass is 10.2. The molecule has 0 unspecified atom stereocenters. The van der Waals surface area contributed by atoms with Crippen LogP contribution in [0.2, 0.25) is 0 Å². The number of hydrogen-bond donors (Lipinski definition) is 1. The van der Waals surface area contributed by atoms with Crippen LogP contribution in [-0.2, 0) is 17.8 Å². The van der Waals surface area contributed by atoms with Gasteiger partial charge in [-0.05, 0) is 0 Å². The van der Waals surface area contributed by atoms with E-state index in [-0.39, 0.29) is 25.4 Å². The fraction of sp³-hybridized carbons (Fsp3) is 0.706. The number of alkyl halides is 3. The van der Waals surface area contributed by atoms with E-state index in [9.17, 15) is 23.1 Å². The molecule has 10 heteroatoms. The average Bonchev–Trinajstić information content (AvgIpc) is 2.60. The predicted molar refractivity (Wildman–Crippen MR) is 90.5 cm³/mol. The van der Waals surface area contributed by atoms with Gasteiger partial charge >= 0.3 is 6.18 Å². The Morgan fingerprint density at radius 2 is 1.56 bits per heavy atom. The van der Waals surface area contributed by atoms with Gasteiger partial charge in [-0.3, -0.25) is 19.5 Å². The van der Waals surface area contributed by atoms with E-state index >= 15 is 0 Å². The van der Waals surface area contributed by atoms with Crippen LogP contribution in [0.3, 0.4) is 0 Å². The first kappa shape index (κ1) is 20.1. The van der Waals surface area contributed by atoms with Crippen LogP contribution in [0.15, 0.2) is 15.3 Å². The van der Waals surface area contributed by atoms with Crippen LogP contribution in [0.4, 0.5) is 13.2 Å². The molecule has 2 fully saturated rings. The van der Waals surface area contributed by atoms with Gasteiger partial charge in [0.2, 0.25) is 11.2 Å². The molecule has 0 radical (unpaired) electrons. The van der Waals surface area contributed by atoms with Gasteiger partial charge in [0, 0.05) is 45.3 Å². The third kappa shape index (κ3) is 5.93. The van der Waals surface area contributed by atoms with Gasteiger partial charge < -0.3 is 14.3 Å². The maximum Gasteiger partial charge on any atom is 0.401 e. The lowest BCUT2D eigenvalue weighted by Crippen LogP contribution is -2.48. The minimum absolute atomic E-state index is 0.162. The van der Waals surface area contributed by atoms with Crippen molar-refractivity contribution in [1.82, 2.24) is 14.7 Å². The van der Waals surface area contributed by atoms with Crippen LogP contribution in [0.5, 0.6) is 5.75 Å². The molecule has 7 nitrogen and oxygen atoms in total. The van der Waals surface area contributed by atoms with Gasteiger partial charge in [0.1, 0.15) is 5.76 Å². The normalized spacial score (nSPS) is 20.9. The van der Waals surface area contributed by atoms with Crippen LogP contribution in [0, 0.1) is 0 Å². The van der Waals surface area contributed by atoms with E-state index in [1.54, 1.807) is 0 Å². The molecule has 27 heavy (non-hydrogen) atoms. The van der Waals surface area contributed by atoms with Crippen LogP contribution in [0.1, 0.15) is 11.5 Å². The van der Waals surface area contributed by atoms with Crippen molar-refractivity contribution in [2.45, 2.75) is 19.3 Å². The summed E-state index contributed by atoms with van der Waals surface area (Å²) >= 11 is 0. The molecule has 0 aliphatic carbocycles. The van der Waals surface area contributed by atoms with E-state index in [4.69, 9.17) is 9.15 Å². The molecule has 2 saturated heterocycles. The van der Waals surface area contributed by atoms with Gasteiger partial charge in [-0.15, -0.1) is 0 Å². The summed E-state index contributed by atoms with van der Waals surface area (Å²) in [5, 5.41) is 10.0. The average molecular weight is 391 g/mol. The highest BCUT2D eigenvalue weighted by molar-refractivity contribution is 5.25. The molecule has 1 N–H and O–H groups in total. The van der Waals surface area contributed by atoms with Crippen molar-refractivity contribution in [3.63, 3.8) is 0 Å². The van der Waals surface area contributed by atoms with E-state index < -0.39 is 23.9 Å². The lowest BCUT2D eigenvalue weighted by molar-refractivity contribution is -0.149. The molecule has 0 aromatic carbocycles. The molecule has 0 saturated carbocycles. The second-order valence-corrected chi connectivity index (χ2v) is 6.90. The molecule has 3 rings (SSSR count). The summed E-state index contributed by atoms with van der Waals surface area (Å²) in [6.07, 6.45) is -4.21. The minimum Gasteiger partial charge on any atom is -0.502 e. The Morgan fingerprint density at radius 3 is 2.19 bits per heavy atom. The largest absolute Gasteiger partial charge is 0.502 e. The molecule has 0 bridgehead atoms. The molecule has 0 spiro atoms. The summed E-state index contributed by atoms with van der Waals surface area (Å²) in [6.45, 7) is 3.81. The highest BCUT2D eigenvalue weighted by Crippen LogP contribution is 2.20. The van der Waals surface area contributed by atoms with E-state index in [1.807, 2.05) is 4.90 Å². The number of rotatable bonds is 5. The molecule has 1 aromatic heterocycles. The SMILES string of the molecule is O=c1cc(CN2CCOCC2)oc(CN2CCN(CC(F)(F)F)CC2)c1O. The minimum atomic E-state index is -4.21. The molecule has 2 aliphatic heterocycles. The second-order valence-electron chi connectivity index (χ2n) is 6.90. The van der Waals surface area contributed by atoms with Crippen LogP contribution in [0.25, 0.3) is 0 Å². The molecule has 2 aliphatic rings. The monoisotopic (exact) mass is 391 g/mol. The molecular formula is C17H24F3N3O4. The smallest absolute Gasteiger partial charge is 0.401 e. The lowest BCUT2D eigenvalue weighted by Gasteiger charge is -2.34. The Morgan fingerprint density at radius 1 is 0.963 bits per heavy atom. The van der Waals surface area contributed by atoms with Gasteiger partial charge in [0.05, 0.1) is 32.8 Å². The zero-order valence-electron chi connectivity index (χ0n) is 15.0. The zero-order chi connectivity index (χ0) is 19.4. The van der Waals surface area contributed by atoms with Crippen LogP contribution < -0.4 is 5.43 Å². The Kier molecular flexibility index (Phi) is 6.40. The van der Waals surface area contributed by atoms with Gasteiger partial charge in [-0.2, -0.15) is 13.2 Å². The van der Waals surface area contributed by atoms with Gasteiger partial charge in [0.15, 0.2) is 5.76 Å². The molecule has 152 valence electrons. The fourth-order valence-electron chi connectivity index (χ4n) is 3.31. The Hall–Kier alpha value is -1.62. The van der Waals surface area contributed by atoms with E-state index in [0.29, 0.717) is 38.6 Å². The molecule has 1 aromatic rings. The third-order valence-corrected chi connectivity index (χ3v) is 4.76. The maximum absolute atomic E-state index is 12.5. The Labute approximate surface area is 154 Å². The van der Waals surface area contributed by atoms with Crippen molar-refractivity contribution in [1.29, 1.82) is 0 Å². The fourth-order valence-corrected chi connectivity index (χ4v) is 3.31. The second kappa shape index (κ2) is 8.59. The number of piperazine rings is 1. The van der Waals surface area contributed by atoms with Crippen molar-refractivity contribution in [2.75, 3.05) is 59.0 Å². The standard InChI is InChI=1S/C17H24F3N3O4/c18-17(19,20)12-23-3-1-21(2-4-23)11-15-16(25)14(24)9-13(27-15)10-22-5-7-26-8-6-22/h9,25H,1-8,10-12H2. The Bertz CT molecular complexity index is 681. The maximum atomic E-state index is 12.5. The van der Waals surface area contributed by atoms with E-state index in [1.165, 1.54) is 11.0 Å². The summed E-state index contributed by atoms with van der Waals surface area (Å²) in [5.41, 5.74) is -0.504. The summed E-state index contributed by atoms with van der Waals surface area (Å²) in [6, 6.07) is 1.29. The first-order chi connectivity index (χ1) is 12.8. The summed E-state index contributed by atoms with van der Waals surface area (Å²) in [4.78, 5) is 17.4. The highest BCUT2D eigenvalue weighted by atomic mass is 19.4.